The van der Waals surface area contributed by atoms with E-state index in [1.807, 2.05) is 18.2 Å². The van der Waals surface area contributed by atoms with Gasteiger partial charge in [-0.3, -0.25) is 4.79 Å². The van der Waals surface area contributed by atoms with Crippen molar-refractivity contribution in [1.29, 1.82) is 0 Å². The predicted octanol–water partition coefficient (Wildman–Crippen LogP) is 5.54. The first-order chi connectivity index (χ1) is 13.2. The number of hydrazone groups is 1. The number of hydrogen-bond acceptors (Lipinski definition) is 3. The predicted molar refractivity (Wildman–Crippen MR) is 121 cm³/mol. The fraction of sp³-hybridized carbons (Fsp3) is 0.304. The number of fused-ring (bicyclic) bond motifs is 1. The largest absolute Gasteiger partial charge is 0.363 e. The van der Waals surface area contributed by atoms with Crippen LogP contribution in [0.25, 0.3) is 5.57 Å². The second-order valence-corrected chi connectivity index (χ2v) is 8.48. The zero-order valence-electron chi connectivity index (χ0n) is 17.0. The highest BCUT2D eigenvalue weighted by Crippen LogP contribution is 2.39. The molecule has 1 heterocycles. The molecule has 0 bridgehead atoms. The SMILES string of the molecule is CCN1c2cc(C)c(/C=N/NC(=O)c3ccccc3Br)cc2C(C)=CC1(C)C. The molecule has 0 aromatic heterocycles. The Bertz CT molecular complexity index is 976. The molecule has 28 heavy (non-hydrogen) atoms. The average Bonchev–Trinajstić information content (AvgIpc) is 2.62. The minimum Gasteiger partial charge on any atom is -0.363 e. The molecule has 0 unspecified atom stereocenters. The summed E-state index contributed by atoms with van der Waals surface area (Å²) in [4.78, 5) is 14.7. The van der Waals surface area contributed by atoms with Crippen molar-refractivity contribution in [2.45, 2.75) is 40.2 Å². The van der Waals surface area contributed by atoms with Crippen molar-refractivity contribution in [3.05, 3.63) is 69.2 Å². The van der Waals surface area contributed by atoms with Crippen LogP contribution in [0.3, 0.4) is 0 Å². The third-order valence-electron chi connectivity index (χ3n) is 5.17. The van der Waals surface area contributed by atoms with Crippen LogP contribution in [0.1, 0.15) is 54.7 Å². The van der Waals surface area contributed by atoms with Gasteiger partial charge in [0.1, 0.15) is 0 Å². The second kappa shape index (κ2) is 7.92. The van der Waals surface area contributed by atoms with Gasteiger partial charge in [-0.2, -0.15) is 5.10 Å². The third-order valence-corrected chi connectivity index (χ3v) is 5.86. The number of allylic oxidation sites excluding steroid dienone is 1. The standard InChI is InChI=1S/C23H26BrN3O/c1-6-27-21-11-15(2)17(12-19(21)16(3)13-23(27,4)5)14-25-26-22(28)18-9-7-8-10-20(18)24/h7-14H,6H2,1-5H3,(H,26,28)/b25-14+. The molecule has 1 aliphatic rings. The average molecular weight is 440 g/mol. The maximum Gasteiger partial charge on any atom is 0.272 e. The molecule has 1 amide bonds. The molecule has 2 aromatic carbocycles. The van der Waals surface area contributed by atoms with E-state index in [1.165, 1.54) is 16.8 Å². The van der Waals surface area contributed by atoms with Crippen molar-refractivity contribution in [2.75, 3.05) is 11.4 Å². The van der Waals surface area contributed by atoms with Crippen molar-refractivity contribution in [1.82, 2.24) is 5.43 Å². The van der Waals surface area contributed by atoms with Crippen LogP contribution < -0.4 is 10.3 Å². The Morgan fingerprint density at radius 3 is 2.64 bits per heavy atom. The van der Waals surface area contributed by atoms with E-state index < -0.39 is 0 Å². The molecule has 1 N–H and O–H groups in total. The summed E-state index contributed by atoms with van der Waals surface area (Å²) >= 11 is 3.39. The molecule has 3 rings (SSSR count). The first-order valence-electron chi connectivity index (χ1n) is 9.44. The third kappa shape index (κ3) is 3.90. The topological polar surface area (TPSA) is 44.7 Å². The maximum absolute atomic E-state index is 12.3. The Labute approximate surface area is 175 Å². The molecule has 0 saturated carbocycles. The van der Waals surface area contributed by atoms with Crippen LogP contribution in [0.4, 0.5) is 5.69 Å². The zero-order chi connectivity index (χ0) is 20.5. The monoisotopic (exact) mass is 439 g/mol. The summed E-state index contributed by atoms with van der Waals surface area (Å²) in [6, 6.07) is 11.7. The van der Waals surface area contributed by atoms with E-state index in [1.54, 1.807) is 12.3 Å². The Balaban J connectivity index is 1.87. The van der Waals surface area contributed by atoms with Crippen molar-refractivity contribution < 1.29 is 4.79 Å². The van der Waals surface area contributed by atoms with Crippen LogP contribution in [0, 0.1) is 6.92 Å². The highest BCUT2D eigenvalue weighted by atomic mass is 79.9. The van der Waals surface area contributed by atoms with Gasteiger partial charge < -0.3 is 4.90 Å². The lowest BCUT2D eigenvalue weighted by atomic mass is 9.87. The van der Waals surface area contributed by atoms with Gasteiger partial charge in [-0.1, -0.05) is 18.2 Å². The molecular weight excluding hydrogens is 414 g/mol. The number of rotatable bonds is 4. The van der Waals surface area contributed by atoms with Gasteiger partial charge in [0.05, 0.1) is 17.3 Å². The van der Waals surface area contributed by atoms with E-state index in [-0.39, 0.29) is 11.4 Å². The summed E-state index contributed by atoms with van der Waals surface area (Å²) in [5.74, 6) is -0.241. The number of anilines is 1. The Morgan fingerprint density at radius 1 is 1.25 bits per heavy atom. The Morgan fingerprint density at radius 2 is 1.96 bits per heavy atom. The molecule has 4 nitrogen and oxygen atoms in total. The normalized spacial score (nSPS) is 15.4. The number of hydrogen-bond donors (Lipinski definition) is 1. The number of nitrogens with zero attached hydrogens (tertiary/aromatic N) is 2. The van der Waals surface area contributed by atoms with E-state index in [0.29, 0.717) is 5.56 Å². The van der Waals surface area contributed by atoms with Gasteiger partial charge in [0.2, 0.25) is 0 Å². The molecule has 0 spiro atoms. The quantitative estimate of drug-likeness (QED) is 0.501. The van der Waals surface area contributed by atoms with Gasteiger partial charge in [-0.05, 0) is 91.5 Å². The number of nitrogens with one attached hydrogen (secondary N) is 1. The molecule has 0 atom stereocenters. The first kappa shape index (κ1) is 20.3. The summed E-state index contributed by atoms with van der Waals surface area (Å²) in [5, 5.41) is 4.18. The van der Waals surface area contributed by atoms with Crippen LogP contribution in [-0.4, -0.2) is 24.2 Å². The van der Waals surface area contributed by atoms with Gasteiger partial charge in [0.15, 0.2) is 0 Å². The summed E-state index contributed by atoms with van der Waals surface area (Å²) in [6.45, 7) is 11.8. The van der Waals surface area contributed by atoms with E-state index in [2.05, 4.69) is 84.2 Å². The maximum atomic E-state index is 12.3. The fourth-order valence-corrected chi connectivity index (χ4v) is 4.29. The number of aryl methyl sites for hydroxylation is 1. The van der Waals surface area contributed by atoms with Gasteiger partial charge >= 0.3 is 0 Å². The van der Waals surface area contributed by atoms with Crippen LogP contribution in [0.15, 0.2) is 52.0 Å². The summed E-state index contributed by atoms with van der Waals surface area (Å²) in [6.07, 6.45) is 4.03. The van der Waals surface area contributed by atoms with Gasteiger partial charge in [-0.15, -0.1) is 0 Å². The highest BCUT2D eigenvalue weighted by Gasteiger charge is 2.30. The number of benzene rings is 2. The second-order valence-electron chi connectivity index (χ2n) is 7.63. The van der Waals surface area contributed by atoms with Crippen LogP contribution in [-0.2, 0) is 0 Å². The number of carbonyl (C=O) groups excluding carboxylic acids is 1. The molecule has 0 fully saturated rings. The minimum atomic E-state index is -0.241. The number of amides is 1. The number of carbonyl (C=O) groups is 1. The van der Waals surface area contributed by atoms with E-state index in [4.69, 9.17) is 0 Å². The number of halogens is 1. The van der Waals surface area contributed by atoms with Gasteiger partial charge in [0, 0.05) is 22.3 Å². The molecule has 1 aliphatic heterocycles. The molecule has 5 heteroatoms. The lowest BCUT2D eigenvalue weighted by Crippen LogP contribution is -2.45. The summed E-state index contributed by atoms with van der Waals surface area (Å²) < 4.78 is 0.746. The smallest absolute Gasteiger partial charge is 0.272 e. The Hall–Kier alpha value is -2.40. The zero-order valence-corrected chi connectivity index (χ0v) is 18.6. The lowest BCUT2D eigenvalue weighted by Gasteiger charge is -2.43. The van der Waals surface area contributed by atoms with Crippen LogP contribution in [0.2, 0.25) is 0 Å². The first-order valence-corrected chi connectivity index (χ1v) is 10.2. The Kier molecular flexibility index (Phi) is 5.75. The van der Waals surface area contributed by atoms with Crippen molar-refractivity contribution in [3.8, 4) is 0 Å². The van der Waals surface area contributed by atoms with Gasteiger partial charge in [0.25, 0.3) is 5.91 Å². The van der Waals surface area contributed by atoms with E-state index >= 15 is 0 Å². The molecule has 2 aromatic rings. The summed E-state index contributed by atoms with van der Waals surface area (Å²) in [5.41, 5.74) is 9.01. The number of likely N-dealkylation sites (N-methyl/N-ethyl adjacent to an activating group) is 1. The molecule has 0 radical (unpaired) electrons. The van der Waals surface area contributed by atoms with Crippen LogP contribution in [0.5, 0.6) is 0 Å². The van der Waals surface area contributed by atoms with E-state index in [9.17, 15) is 4.79 Å². The summed E-state index contributed by atoms with van der Waals surface area (Å²) in [7, 11) is 0. The molecule has 0 saturated heterocycles. The molecule has 146 valence electrons. The fourth-order valence-electron chi connectivity index (χ4n) is 3.83. The van der Waals surface area contributed by atoms with Crippen LogP contribution >= 0.6 is 15.9 Å². The lowest BCUT2D eigenvalue weighted by molar-refractivity contribution is 0.0954. The van der Waals surface area contributed by atoms with Crippen molar-refractivity contribution in [2.24, 2.45) is 5.10 Å². The highest BCUT2D eigenvalue weighted by molar-refractivity contribution is 9.10. The minimum absolute atomic E-state index is 0.00900. The van der Waals surface area contributed by atoms with Crippen molar-refractivity contribution >= 4 is 39.3 Å². The van der Waals surface area contributed by atoms with E-state index in [0.717, 1.165) is 22.1 Å². The molecular formula is C23H26BrN3O. The van der Waals surface area contributed by atoms with Crippen molar-refractivity contribution in [3.63, 3.8) is 0 Å². The molecule has 0 aliphatic carbocycles. The van der Waals surface area contributed by atoms with Gasteiger partial charge in [-0.25, -0.2) is 5.43 Å².